The molecule has 0 spiro atoms. The molecule has 8 aromatic carbocycles. The molecule has 2 atom stereocenters. The maximum absolute atomic E-state index is 6.37. The van der Waals surface area contributed by atoms with Crippen molar-refractivity contribution >= 4 is 49.3 Å². The van der Waals surface area contributed by atoms with E-state index in [2.05, 4.69) is 217 Å². The largest absolute Gasteiger partial charge is 0.399 e. The molecule has 0 bridgehead atoms. The summed E-state index contributed by atoms with van der Waals surface area (Å²) in [5.74, 6) is 0.616. The van der Waals surface area contributed by atoms with E-state index < -0.39 is 0 Å². The van der Waals surface area contributed by atoms with Crippen molar-refractivity contribution in [1.82, 2.24) is 14.1 Å². The summed E-state index contributed by atoms with van der Waals surface area (Å²) in [6.45, 7) is 6.96. The van der Waals surface area contributed by atoms with Gasteiger partial charge in [-0.2, -0.15) is 0 Å². The Bertz CT molecular complexity index is 3630. The highest BCUT2D eigenvalue weighted by atomic mass is 15.0. The molecule has 65 heavy (non-hydrogen) atoms. The van der Waals surface area contributed by atoms with Crippen molar-refractivity contribution in [2.75, 3.05) is 0 Å². The Morgan fingerprint density at radius 3 is 1.40 bits per heavy atom. The molecule has 1 aliphatic carbocycles. The molecule has 3 aromatic heterocycles. The van der Waals surface area contributed by atoms with Crippen LogP contribution in [0.1, 0.15) is 55.7 Å². The van der Waals surface area contributed by atoms with Crippen LogP contribution < -0.4 is 5.73 Å². The number of hydrogen-bond donors (Lipinski definition) is 1. The van der Waals surface area contributed by atoms with E-state index in [1.807, 2.05) is 18.3 Å². The number of aromatic nitrogens is 3. The highest BCUT2D eigenvalue weighted by molar-refractivity contribution is 6.14. The first-order valence-corrected chi connectivity index (χ1v) is 22.9. The second-order valence-corrected chi connectivity index (χ2v) is 17.7. The monoisotopic (exact) mass is 836 g/mol. The number of benzene rings is 8. The van der Waals surface area contributed by atoms with Gasteiger partial charge in [-0.25, -0.2) is 0 Å². The lowest BCUT2D eigenvalue weighted by Crippen LogP contribution is -2.13. The van der Waals surface area contributed by atoms with E-state index >= 15 is 0 Å². The van der Waals surface area contributed by atoms with Crippen LogP contribution in [0.3, 0.4) is 0 Å². The maximum atomic E-state index is 6.37. The van der Waals surface area contributed by atoms with Gasteiger partial charge in [0.1, 0.15) is 0 Å². The topological polar surface area (TPSA) is 48.8 Å². The third-order valence-electron chi connectivity index (χ3n) is 14.1. The van der Waals surface area contributed by atoms with Gasteiger partial charge in [-0.1, -0.05) is 130 Å². The predicted octanol–water partition coefficient (Wildman–Crippen LogP) is 15.9. The highest BCUT2D eigenvalue weighted by Gasteiger charge is 2.31. The van der Waals surface area contributed by atoms with Crippen molar-refractivity contribution < 1.29 is 0 Å². The maximum Gasteiger partial charge on any atom is 0.0701 e. The average Bonchev–Trinajstić information content (AvgIpc) is 3.86. The third kappa shape index (κ3) is 6.31. The predicted molar refractivity (Wildman–Crippen MR) is 274 cm³/mol. The summed E-state index contributed by atoms with van der Waals surface area (Å²) in [6.07, 6.45) is 4.84. The van der Waals surface area contributed by atoms with E-state index in [-0.39, 0.29) is 0 Å². The van der Waals surface area contributed by atoms with Crippen molar-refractivity contribution in [3.8, 4) is 56.0 Å². The van der Waals surface area contributed by atoms with Crippen molar-refractivity contribution in [3.05, 3.63) is 217 Å². The van der Waals surface area contributed by atoms with Crippen LogP contribution >= 0.6 is 0 Å². The van der Waals surface area contributed by atoms with E-state index in [4.69, 9.17) is 5.73 Å². The standard InChI is InChI=1S/C61H48N4/c1-4-13-56(62)42-23-19-40(20-24-42)44-27-29-58-52(32-44)54-34-48-38(2)39(3)49-35-55-53-33-45(41-21-25-43(26-22-41)57-18-11-12-31-63-57)28-30-59(53)65(47-16-9-6-10-17-47)61(55)37-51(49)50(48)36-60(54)64(58)46-14-7-5-8-15-46/h5-39H,4,62H2,1-3H3/b56-13-. The first-order valence-electron chi connectivity index (χ1n) is 22.9. The quantitative estimate of drug-likeness (QED) is 0.174. The highest BCUT2D eigenvalue weighted by Crippen LogP contribution is 2.51. The zero-order valence-electron chi connectivity index (χ0n) is 36.8. The zero-order chi connectivity index (χ0) is 43.8. The molecule has 0 aliphatic heterocycles. The lowest BCUT2D eigenvalue weighted by Gasteiger charge is -2.32. The molecule has 2 unspecified atom stereocenters. The summed E-state index contributed by atoms with van der Waals surface area (Å²) in [4.78, 5) is 4.58. The second-order valence-electron chi connectivity index (χ2n) is 17.7. The summed E-state index contributed by atoms with van der Waals surface area (Å²) in [5.41, 5.74) is 27.7. The number of allylic oxidation sites excluding steroid dienone is 1. The third-order valence-corrected chi connectivity index (χ3v) is 14.1. The second kappa shape index (κ2) is 15.4. The Hall–Kier alpha value is -7.95. The molecule has 4 heteroatoms. The first kappa shape index (κ1) is 38.7. The van der Waals surface area contributed by atoms with Crippen LogP contribution in [-0.4, -0.2) is 14.1 Å². The Labute approximate surface area is 379 Å². The molecule has 11 aromatic rings. The van der Waals surface area contributed by atoms with Gasteiger partial charge < -0.3 is 14.9 Å². The van der Waals surface area contributed by atoms with Crippen LogP contribution in [-0.2, 0) is 0 Å². The molecule has 2 N–H and O–H groups in total. The van der Waals surface area contributed by atoms with Gasteiger partial charge in [0.25, 0.3) is 0 Å². The number of hydrogen-bond acceptors (Lipinski definition) is 2. The molecule has 0 saturated heterocycles. The van der Waals surface area contributed by atoms with E-state index in [1.54, 1.807) is 0 Å². The van der Waals surface area contributed by atoms with Gasteiger partial charge in [0.2, 0.25) is 0 Å². The Kier molecular flexibility index (Phi) is 9.17. The minimum atomic E-state index is 0.308. The number of pyridine rings is 1. The molecule has 4 nitrogen and oxygen atoms in total. The number of para-hydroxylation sites is 2. The fourth-order valence-electron chi connectivity index (χ4n) is 10.6. The molecule has 3 heterocycles. The molecule has 0 fully saturated rings. The van der Waals surface area contributed by atoms with Crippen LogP contribution in [0.25, 0.3) is 105 Å². The van der Waals surface area contributed by atoms with Crippen LogP contribution in [0.15, 0.2) is 200 Å². The number of rotatable bonds is 7. The number of nitrogens with zero attached hydrogens (tertiary/aromatic N) is 3. The summed E-state index contributed by atoms with van der Waals surface area (Å²) >= 11 is 0. The van der Waals surface area contributed by atoms with Gasteiger partial charge in [-0.05, 0) is 153 Å². The van der Waals surface area contributed by atoms with E-state index in [0.717, 1.165) is 40.3 Å². The van der Waals surface area contributed by atoms with E-state index in [0.29, 0.717) is 11.8 Å². The minimum Gasteiger partial charge on any atom is -0.399 e. The van der Waals surface area contributed by atoms with Crippen molar-refractivity contribution in [2.24, 2.45) is 5.73 Å². The lowest BCUT2D eigenvalue weighted by atomic mass is 9.72. The minimum absolute atomic E-state index is 0.308. The molecule has 0 saturated carbocycles. The zero-order valence-corrected chi connectivity index (χ0v) is 36.8. The molecule has 1 aliphatic rings. The first-order chi connectivity index (χ1) is 31.9. The van der Waals surface area contributed by atoms with Gasteiger partial charge in [0.05, 0.1) is 27.8 Å². The molecule has 12 rings (SSSR count). The number of nitrogens with two attached hydrogens (primary N) is 1. The van der Waals surface area contributed by atoms with Crippen molar-refractivity contribution in [3.63, 3.8) is 0 Å². The Balaban J connectivity index is 1.06. The summed E-state index contributed by atoms with van der Waals surface area (Å²) in [5, 5.41) is 5.07. The lowest BCUT2D eigenvalue weighted by molar-refractivity contribution is 0.617. The Morgan fingerprint density at radius 1 is 0.477 bits per heavy atom. The van der Waals surface area contributed by atoms with Crippen LogP contribution in [0.2, 0.25) is 0 Å². The van der Waals surface area contributed by atoms with E-state index in [1.165, 1.54) is 88.1 Å². The molecular formula is C61H48N4. The molecule has 0 amide bonds. The Morgan fingerprint density at radius 2 is 0.923 bits per heavy atom. The summed E-state index contributed by atoms with van der Waals surface area (Å²) < 4.78 is 4.92. The van der Waals surface area contributed by atoms with Crippen molar-refractivity contribution in [1.29, 1.82) is 0 Å². The fraction of sp³-hybridized carbons (Fsp3) is 0.0984. The van der Waals surface area contributed by atoms with Crippen LogP contribution in [0, 0.1) is 0 Å². The average molecular weight is 837 g/mol. The van der Waals surface area contributed by atoms with Gasteiger partial charge in [-0.15, -0.1) is 0 Å². The van der Waals surface area contributed by atoms with Crippen LogP contribution in [0.5, 0.6) is 0 Å². The summed E-state index contributed by atoms with van der Waals surface area (Å²) in [7, 11) is 0. The van der Waals surface area contributed by atoms with E-state index in [9.17, 15) is 0 Å². The van der Waals surface area contributed by atoms with Gasteiger partial charge in [0.15, 0.2) is 0 Å². The fourth-order valence-corrected chi connectivity index (χ4v) is 10.6. The van der Waals surface area contributed by atoms with Gasteiger partial charge >= 0.3 is 0 Å². The SMILES string of the molecule is CC/C=C(\N)c1ccc(-c2ccc3c(c2)c2cc4c(cc2n3-c2ccccc2)-c2cc3c(cc2C(C)C4C)c2cc(-c4ccc(-c5ccccn5)cc4)ccc2n3-c2ccccc2)cc1. The molecule has 0 radical (unpaired) electrons. The molecule has 312 valence electrons. The normalized spacial score (nSPS) is 14.9. The summed E-state index contributed by atoms with van der Waals surface area (Å²) in [6, 6.07) is 69.2. The van der Waals surface area contributed by atoms with Crippen molar-refractivity contribution in [2.45, 2.75) is 39.0 Å². The van der Waals surface area contributed by atoms with Gasteiger partial charge in [0, 0.05) is 50.4 Å². The van der Waals surface area contributed by atoms with Crippen LogP contribution in [0.4, 0.5) is 0 Å². The number of fused-ring (bicyclic) bond motifs is 9. The molecular weight excluding hydrogens is 789 g/mol. The van der Waals surface area contributed by atoms with Gasteiger partial charge in [-0.3, -0.25) is 4.98 Å². The smallest absolute Gasteiger partial charge is 0.0701 e.